The Bertz CT molecular complexity index is 1380. The molecular formula is C30H33F3O5S3. The molecule has 1 unspecified atom stereocenters. The fourth-order valence-corrected chi connectivity index (χ4v) is 11.2. The van der Waals surface area contributed by atoms with Crippen LogP contribution in [-0.4, -0.2) is 38.2 Å². The minimum Gasteiger partial charge on any atom is -0.348 e. The van der Waals surface area contributed by atoms with Crippen molar-refractivity contribution in [3.05, 3.63) is 84.9 Å². The monoisotopic (exact) mass is 626 g/mol. The van der Waals surface area contributed by atoms with Crippen LogP contribution in [0, 0.1) is 5.41 Å². The van der Waals surface area contributed by atoms with E-state index in [1.54, 1.807) is 84.6 Å². The van der Waals surface area contributed by atoms with Gasteiger partial charge in [-0.1, -0.05) is 56.7 Å². The van der Waals surface area contributed by atoms with E-state index in [0.29, 0.717) is 27.9 Å². The van der Waals surface area contributed by atoms with Gasteiger partial charge >= 0.3 is 15.6 Å². The smallest absolute Gasteiger partial charge is 0.348 e. The van der Waals surface area contributed by atoms with Gasteiger partial charge in [-0.25, -0.2) is 0 Å². The number of thioether (sulfide) groups is 1. The van der Waals surface area contributed by atoms with E-state index in [2.05, 4.69) is 13.8 Å². The first kappa shape index (κ1) is 30.4. The van der Waals surface area contributed by atoms with Crippen molar-refractivity contribution in [3.63, 3.8) is 0 Å². The summed E-state index contributed by atoms with van der Waals surface area (Å²) in [7, 11) is -9.29. The Morgan fingerprint density at radius 2 is 1.32 bits per heavy atom. The van der Waals surface area contributed by atoms with E-state index in [1.165, 1.54) is 0 Å². The first-order valence-electron chi connectivity index (χ1n) is 13.4. The van der Waals surface area contributed by atoms with Crippen LogP contribution in [0.2, 0.25) is 0 Å². The van der Waals surface area contributed by atoms with E-state index in [0.717, 1.165) is 30.6 Å². The molecular weight excluding hydrogens is 594 g/mol. The molecule has 0 radical (unpaired) electrons. The highest BCUT2D eigenvalue weighted by atomic mass is 32.3. The Morgan fingerprint density at radius 1 is 0.805 bits per heavy atom. The molecule has 1 atom stereocenters. The van der Waals surface area contributed by atoms with Crippen molar-refractivity contribution in [2.45, 2.75) is 75.7 Å². The molecule has 1 saturated carbocycles. The summed E-state index contributed by atoms with van der Waals surface area (Å²) < 4.78 is 84.4. The summed E-state index contributed by atoms with van der Waals surface area (Å²) in [5.74, 6) is -0.676. The molecule has 222 valence electrons. The zero-order chi connectivity index (χ0) is 29.4. The fraction of sp³-hybridized carbons (Fsp3) is 0.400. The molecule has 11 heteroatoms. The normalized spacial score (nSPS) is 21.4. The molecule has 1 heterocycles. The number of alkyl halides is 3. The SMILES string of the molecule is CC1(C)COC2(CCCCC2Sc2ccc(S(OS(=O)(=O)C(F)(F)F)(c3ccccc3)c3ccccc3)cc2)OC1. The van der Waals surface area contributed by atoms with Crippen LogP contribution >= 0.6 is 22.1 Å². The second-order valence-electron chi connectivity index (χ2n) is 11.0. The molecule has 5 nitrogen and oxygen atoms in total. The first-order chi connectivity index (χ1) is 19.4. The van der Waals surface area contributed by atoms with Gasteiger partial charge in [0.05, 0.1) is 18.5 Å². The maximum absolute atomic E-state index is 13.7. The summed E-state index contributed by atoms with van der Waals surface area (Å²) in [4.78, 5) is 1.87. The van der Waals surface area contributed by atoms with E-state index in [4.69, 9.17) is 13.1 Å². The van der Waals surface area contributed by atoms with E-state index in [-0.39, 0.29) is 10.7 Å². The van der Waals surface area contributed by atoms with Crippen LogP contribution in [0.3, 0.4) is 0 Å². The molecule has 1 aliphatic carbocycles. The Kier molecular flexibility index (Phi) is 8.59. The Labute approximate surface area is 245 Å². The summed E-state index contributed by atoms with van der Waals surface area (Å²) in [5, 5.41) is 0.0420. The van der Waals surface area contributed by atoms with E-state index >= 15 is 0 Å². The molecule has 1 spiro atoms. The number of benzene rings is 3. The topological polar surface area (TPSA) is 61.8 Å². The van der Waals surface area contributed by atoms with Crippen LogP contribution in [0.4, 0.5) is 13.2 Å². The van der Waals surface area contributed by atoms with E-state index in [9.17, 15) is 21.6 Å². The Morgan fingerprint density at radius 3 is 1.83 bits per heavy atom. The van der Waals surface area contributed by atoms with Gasteiger partial charge in [0.25, 0.3) is 0 Å². The van der Waals surface area contributed by atoms with Crippen LogP contribution in [0.5, 0.6) is 0 Å². The minimum absolute atomic E-state index is 0.0420. The van der Waals surface area contributed by atoms with Gasteiger partial charge in [0.1, 0.15) is 0 Å². The van der Waals surface area contributed by atoms with E-state index < -0.39 is 31.7 Å². The zero-order valence-electron chi connectivity index (χ0n) is 22.8. The maximum atomic E-state index is 13.7. The highest BCUT2D eigenvalue weighted by molar-refractivity contribution is 8.33. The average molecular weight is 627 g/mol. The third kappa shape index (κ3) is 6.21. The molecule has 1 saturated heterocycles. The van der Waals surface area contributed by atoms with Crippen molar-refractivity contribution >= 4 is 32.2 Å². The standard InChI is InChI=1S/C30H33F3O5S3/c1-28(2)21-36-29(37-22-28)20-10-9-15-27(29)39-23-16-18-26(19-17-23)40(24-11-5-3-6-12-24,25-13-7-4-8-14-25)38-41(34,35)30(31,32)33/h3-8,11-14,16-19,27H,9-10,15,20-22H2,1-2H3. The van der Waals surface area contributed by atoms with Crippen molar-refractivity contribution < 1.29 is 34.7 Å². The van der Waals surface area contributed by atoms with Gasteiger partial charge in [-0.3, -0.25) is 0 Å². The summed E-state index contributed by atoms with van der Waals surface area (Å²) in [5.41, 5.74) is -5.65. The third-order valence-corrected chi connectivity index (χ3v) is 13.5. The van der Waals surface area contributed by atoms with Crippen molar-refractivity contribution in [3.8, 4) is 0 Å². The van der Waals surface area contributed by atoms with Gasteiger partial charge in [0.2, 0.25) is 0 Å². The second kappa shape index (κ2) is 11.6. The summed E-state index contributed by atoms with van der Waals surface area (Å²) in [6.45, 7) is 5.43. The van der Waals surface area contributed by atoms with Crippen LogP contribution in [-0.2, 0) is 23.2 Å². The van der Waals surface area contributed by atoms with Crippen molar-refractivity contribution in [2.24, 2.45) is 5.41 Å². The highest BCUT2D eigenvalue weighted by Crippen LogP contribution is 2.70. The number of halogens is 3. The first-order valence-corrected chi connectivity index (χ1v) is 17.2. The van der Waals surface area contributed by atoms with Gasteiger partial charge in [-0.2, -0.15) is 25.2 Å². The molecule has 3 aromatic carbocycles. The lowest BCUT2D eigenvalue weighted by atomic mass is 9.89. The van der Waals surface area contributed by atoms with Crippen LogP contribution in [0.25, 0.3) is 0 Å². The molecule has 0 N–H and O–H groups in total. The number of hydrogen-bond acceptors (Lipinski definition) is 6. The minimum atomic E-state index is -5.96. The Hall–Kier alpha value is -2.02. The molecule has 0 bridgehead atoms. The summed E-state index contributed by atoms with van der Waals surface area (Å²) in [6, 6.07) is 23.4. The van der Waals surface area contributed by atoms with Gasteiger partial charge in [-0.05, 0) is 71.7 Å². The lowest BCUT2D eigenvalue weighted by molar-refractivity contribution is -0.306. The molecule has 0 amide bonds. The lowest BCUT2D eigenvalue weighted by Gasteiger charge is -2.49. The molecule has 0 aromatic heterocycles. The molecule has 1 aliphatic heterocycles. The number of hydrogen-bond donors (Lipinski definition) is 0. The van der Waals surface area contributed by atoms with Gasteiger partial charge in [0, 0.05) is 31.4 Å². The van der Waals surface area contributed by atoms with Gasteiger partial charge in [-0.15, -0.1) is 11.8 Å². The van der Waals surface area contributed by atoms with Crippen LogP contribution < -0.4 is 0 Å². The van der Waals surface area contributed by atoms with Crippen molar-refractivity contribution in [1.29, 1.82) is 0 Å². The largest absolute Gasteiger partial charge is 0.524 e. The van der Waals surface area contributed by atoms with Gasteiger partial charge in [0.15, 0.2) is 5.79 Å². The number of rotatable bonds is 7. The van der Waals surface area contributed by atoms with Crippen LogP contribution in [0.15, 0.2) is 105 Å². The quantitative estimate of drug-likeness (QED) is 0.245. The van der Waals surface area contributed by atoms with Crippen LogP contribution in [0.1, 0.15) is 39.5 Å². The molecule has 3 aromatic rings. The average Bonchev–Trinajstić information content (AvgIpc) is 2.95. The number of ether oxygens (including phenoxy) is 2. The van der Waals surface area contributed by atoms with Crippen molar-refractivity contribution in [2.75, 3.05) is 13.2 Å². The van der Waals surface area contributed by atoms with Crippen molar-refractivity contribution in [1.82, 2.24) is 0 Å². The molecule has 5 rings (SSSR count). The zero-order valence-corrected chi connectivity index (χ0v) is 25.3. The summed E-state index contributed by atoms with van der Waals surface area (Å²) in [6.07, 6.45) is 3.77. The molecule has 2 fully saturated rings. The predicted octanol–water partition coefficient (Wildman–Crippen LogP) is 8.55. The van der Waals surface area contributed by atoms with E-state index in [1.807, 2.05) is 12.1 Å². The molecule has 41 heavy (non-hydrogen) atoms. The summed E-state index contributed by atoms with van der Waals surface area (Å²) >= 11 is 1.62. The third-order valence-electron chi connectivity index (χ3n) is 7.21. The van der Waals surface area contributed by atoms with Gasteiger partial charge < -0.3 is 9.47 Å². The fourth-order valence-electron chi connectivity index (χ4n) is 5.08. The maximum Gasteiger partial charge on any atom is 0.524 e. The molecule has 2 aliphatic rings. The lowest BCUT2D eigenvalue weighted by Crippen LogP contribution is -2.54. The predicted molar refractivity (Wildman–Crippen MR) is 154 cm³/mol. The Balaban J connectivity index is 1.54. The second-order valence-corrected chi connectivity index (χ2v) is 16.7. The highest BCUT2D eigenvalue weighted by Gasteiger charge is 2.53.